The van der Waals surface area contributed by atoms with Crippen LogP contribution in [0.15, 0.2) is 90.1 Å². The van der Waals surface area contributed by atoms with Crippen molar-refractivity contribution in [1.82, 2.24) is 14.8 Å². The molecule has 0 saturated heterocycles. The van der Waals surface area contributed by atoms with Crippen molar-refractivity contribution in [3.63, 3.8) is 0 Å². The Balaban J connectivity index is 1.55. The maximum atomic E-state index is 12.5. The summed E-state index contributed by atoms with van der Waals surface area (Å²) in [6.45, 7) is 6.82. The van der Waals surface area contributed by atoms with Crippen LogP contribution in [0.4, 0.5) is 5.69 Å². The van der Waals surface area contributed by atoms with E-state index in [0.717, 1.165) is 17.1 Å². The highest BCUT2D eigenvalue weighted by molar-refractivity contribution is 7.99. The predicted octanol–water partition coefficient (Wildman–Crippen LogP) is 5.87. The number of carbonyl (C=O) groups excluding carboxylic acids is 1. The van der Waals surface area contributed by atoms with Crippen LogP contribution >= 0.6 is 11.8 Å². The summed E-state index contributed by atoms with van der Waals surface area (Å²) >= 11 is 1.34. The first-order valence-corrected chi connectivity index (χ1v) is 12.1. The Morgan fingerprint density at radius 2 is 1.56 bits per heavy atom. The minimum Gasteiger partial charge on any atom is -0.486 e. The molecule has 0 aliphatic carbocycles. The Morgan fingerprint density at radius 1 is 0.912 bits per heavy atom. The number of anilines is 1. The topological polar surface area (TPSA) is 69.0 Å². The van der Waals surface area contributed by atoms with Gasteiger partial charge in [-0.15, -0.1) is 10.2 Å². The fraction of sp³-hybridized carbons (Fsp3) is 0.222. The number of hydrogen-bond donors (Lipinski definition) is 1. The molecule has 0 atom stereocenters. The molecule has 0 unspecified atom stereocenters. The molecule has 0 aliphatic rings. The van der Waals surface area contributed by atoms with Crippen LogP contribution in [-0.4, -0.2) is 26.4 Å². The highest BCUT2D eigenvalue weighted by atomic mass is 32.2. The van der Waals surface area contributed by atoms with Crippen LogP contribution in [0.1, 0.15) is 32.2 Å². The lowest BCUT2D eigenvalue weighted by Crippen LogP contribution is -2.15. The number of carbonyl (C=O) groups is 1. The Labute approximate surface area is 204 Å². The summed E-state index contributed by atoms with van der Waals surface area (Å²) in [5, 5.41) is 12.3. The van der Waals surface area contributed by atoms with Gasteiger partial charge >= 0.3 is 0 Å². The zero-order valence-corrected chi connectivity index (χ0v) is 20.4. The lowest BCUT2D eigenvalue weighted by Gasteiger charge is -2.19. The number of hydrogen-bond acceptors (Lipinski definition) is 5. The van der Waals surface area contributed by atoms with E-state index in [4.69, 9.17) is 4.74 Å². The van der Waals surface area contributed by atoms with Crippen molar-refractivity contribution >= 4 is 23.4 Å². The molecule has 3 aromatic carbocycles. The van der Waals surface area contributed by atoms with Crippen molar-refractivity contribution in [3.8, 4) is 11.4 Å². The Kier molecular flexibility index (Phi) is 7.33. The third kappa shape index (κ3) is 6.05. The Morgan fingerprint density at radius 3 is 2.21 bits per heavy atom. The molecule has 1 heterocycles. The quantitative estimate of drug-likeness (QED) is 0.325. The first-order valence-electron chi connectivity index (χ1n) is 11.1. The second-order valence-corrected chi connectivity index (χ2v) is 9.78. The van der Waals surface area contributed by atoms with Gasteiger partial charge in [-0.1, -0.05) is 81.1 Å². The molecular formula is C27H28N4O2S. The van der Waals surface area contributed by atoms with E-state index in [9.17, 15) is 4.79 Å². The SMILES string of the molecule is CC(C)(C)c1ccc(-n2c(COc3ccccc3)nnc2SCC(=O)Nc2ccccc2)cc1. The minimum absolute atomic E-state index is 0.0536. The number of thioether (sulfide) groups is 1. The molecule has 7 heteroatoms. The first-order chi connectivity index (χ1) is 16.4. The molecule has 0 aliphatic heterocycles. The van der Waals surface area contributed by atoms with E-state index in [-0.39, 0.29) is 23.7 Å². The summed E-state index contributed by atoms with van der Waals surface area (Å²) in [7, 11) is 0. The molecule has 4 rings (SSSR count). The van der Waals surface area contributed by atoms with Gasteiger partial charge in [0.15, 0.2) is 11.0 Å². The van der Waals surface area contributed by atoms with Crippen LogP contribution in [0, 0.1) is 0 Å². The standard InChI is InChI=1S/C27H28N4O2S/c1-27(2,3)20-14-16-22(17-15-20)31-24(18-33-23-12-8-5-9-13-23)29-30-26(31)34-19-25(32)28-21-10-6-4-7-11-21/h4-17H,18-19H2,1-3H3,(H,28,32). The van der Waals surface area contributed by atoms with Crippen LogP contribution in [0.25, 0.3) is 5.69 Å². The van der Waals surface area contributed by atoms with E-state index in [0.29, 0.717) is 11.0 Å². The molecular weight excluding hydrogens is 444 g/mol. The normalized spacial score (nSPS) is 11.3. The van der Waals surface area contributed by atoms with Crippen molar-refractivity contribution in [1.29, 1.82) is 0 Å². The molecule has 1 aromatic heterocycles. The zero-order valence-electron chi connectivity index (χ0n) is 19.6. The van der Waals surface area contributed by atoms with Crippen LogP contribution in [0.5, 0.6) is 5.75 Å². The molecule has 34 heavy (non-hydrogen) atoms. The van der Waals surface area contributed by atoms with Crippen molar-refractivity contribution in [2.45, 2.75) is 37.9 Å². The molecule has 174 valence electrons. The van der Waals surface area contributed by atoms with Gasteiger partial charge in [-0.05, 0) is 47.4 Å². The van der Waals surface area contributed by atoms with Gasteiger partial charge in [0, 0.05) is 11.4 Å². The third-order valence-corrected chi connectivity index (χ3v) is 6.12. The summed E-state index contributed by atoms with van der Waals surface area (Å²) in [6, 6.07) is 27.4. The second kappa shape index (κ2) is 10.6. The second-order valence-electron chi connectivity index (χ2n) is 8.84. The average Bonchev–Trinajstić information content (AvgIpc) is 3.25. The van der Waals surface area contributed by atoms with Gasteiger partial charge in [-0.3, -0.25) is 9.36 Å². The molecule has 1 amide bonds. The molecule has 0 fully saturated rings. The zero-order chi connectivity index (χ0) is 24.0. The smallest absolute Gasteiger partial charge is 0.234 e. The fourth-order valence-electron chi connectivity index (χ4n) is 3.37. The van der Waals surface area contributed by atoms with Gasteiger partial charge in [0.25, 0.3) is 0 Å². The number of benzene rings is 3. The summed E-state index contributed by atoms with van der Waals surface area (Å²) in [6.07, 6.45) is 0. The van der Waals surface area contributed by atoms with E-state index in [1.165, 1.54) is 17.3 Å². The maximum Gasteiger partial charge on any atom is 0.234 e. The lowest BCUT2D eigenvalue weighted by molar-refractivity contribution is -0.113. The summed E-state index contributed by atoms with van der Waals surface area (Å²) in [4.78, 5) is 12.5. The number of rotatable bonds is 8. The van der Waals surface area contributed by atoms with Crippen LogP contribution in [0.3, 0.4) is 0 Å². The highest BCUT2D eigenvalue weighted by Crippen LogP contribution is 2.27. The van der Waals surface area contributed by atoms with Crippen LogP contribution in [-0.2, 0) is 16.8 Å². The van der Waals surface area contributed by atoms with E-state index in [1.807, 2.05) is 65.2 Å². The number of ether oxygens (including phenoxy) is 1. The number of nitrogens with zero attached hydrogens (tertiary/aromatic N) is 3. The van der Waals surface area contributed by atoms with Gasteiger partial charge < -0.3 is 10.1 Å². The minimum atomic E-state index is -0.101. The van der Waals surface area contributed by atoms with Gasteiger partial charge in [-0.2, -0.15) is 0 Å². The molecule has 0 bridgehead atoms. The van der Waals surface area contributed by atoms with E-state index in [1.54, 1.807) is 0 Å². The van der Waals surface area contributed by atoms with Crippen molar-refractivity contribution < 1.29 is 9.53 Å². The summed E-state index contributed by atoms with van der Waals surface area (Å²) < 4.78 is 7.89. The number of aromatic nitrogens is 3. The van der Waals surface area contributed by atoms with E-state index >= 15 is 0 Å². The van der Waals surface area contributed by atoms with Crippen molar-refractivity contribution in [2.75, 3.05) is 11.1 Å². The summed E-state index contributed by atoms with van der Waals surface area (Å²) in [5.74, 6) is 1.54. The average molecular weight is 473 g/mol. The third-order valence-electron chi connectivity index (χ3n) is 5.19. The fourth-order valence-corrected chi connectivity index (χ4v) is 4.14. The van der Waals surface area contributed by atoms with Gasteiger partial charge in [0.1, 0.15) is 12.4 Å². The lowest BCUT2D eigenvalue weighted by atomic mass is 9.87. The Hall–Kier alpha value is -3.58. The number of amides is 1. The molecule has 0 spiro atoms. The highest BCUT2D eigenvalue weighted by Gasteiger charge is 2.18. The first kappa shape index (κ1) is 23.6. The molecule has 6 nitrogen and oxygen atoms in total. The van der Waals surface area contributed by atoms with Gasteiger partial charge in [0.2, 0.25) is 5.91 Å². The number of para-hydroxylation sites is 2. The monoisotopic (exact) mass is 472 g/mol. The van der Waals surface area contributed by atoms with Gasteiger partial charge in [-0.25, -0.2) is 0 Å². The largest absolute Gasteiger partial charge is 0.486 e. The maximum absolute atomic E-state index is 12.5. The summed E-state index contributed by atoms with van der Waals surface area (Å²) in [5.41, 5.74) is 2.99. The van der Waals surface area contributed by atoms with Crippen molar-refractivity contribution in [3.05, 3.63) is 96.3 Å². The van der Waals surface area contributed by atoms with Crippen LogP contribution < -0.4 is 10.1 Å². The van der Waals surface area contributed by atoms with E-state index in [2.05, 4.69) is 60.6 Å². The predicted molar refractivity (Wildman–Crippen MR) is 137 cm³/mol. The molecule has 0 saturated carbocycles. The Bertz CT molecular complexity index is 1220. The number of nitrogens with one attached hydrogen (secondary N) is 1. The van der Waals surface area contributed by atoms with Gasteiger partial charge in [0.05, 0.1) is 5.75 Å². The molecule has 1 N–H and O–H groups in total. The van der Waals surface area contributed by atoms with Crippen molar-refractivity contribution in [2.24, 2.45) is 0 Å². The van der Waals surface area contributed by atoms with Crippen LogP contribution in [0.2, 0.25) is 0 Å². The molecule has 4 aromatic rings. The molecule has 0 radical (unpaired) electrons. The van der Waals surface area contributed by atoms with E-state index < -0.39 is 0 Å².